The number of ether oxygens (including phenoxy) is 2. The summed E-state index contributed by atoms with van der Waals surface area (Å²) in [6, 6.07) is 13.1. The molecule has 6 nitrogen and oxygen atoms in total. The Balaban J connectivity index is 1.82. The highest BCUT2D eigenvalue weighted by Gasteiger charge is 2.19. The summed E-state index contributed by atoms with van der Waals surface area (Å²) in [5.74, 6) is -0.839. The van der Waals surface area contributed by atoms with E-state index in [-0.39, 0.29) is 12.4 Å². The van der Waals surface area contributed by atoms with Gasteiger partial charge in [0.1, 0.15) is 5.75 Å². The summed E-state index contributed by atoms with van der Waals surface area (Å²) >= 11 is 5.96. The number of halogens is 1. The second-order valence-corrected chi connectivity index (χ2v) is 5.88. The fourth-order valence-corrected chi connectivity index (χ4v) is 2.19. The van der Waals surface area contributed by atoms with Crippen LogP contribution in [0.1, 0.15) is 24.2 Å². The second-order valence-electron chi connectivity index (χ2n) is 5.47. The van der Waals surface area contributed by atoms with Gasteiger partial charge in [0.05, 0.1) is 10.7 Å². The van der Waals surface area contributed by atoms with E-state index in [0.29, 0.717) is 22.0 Å². The number of hydrogen-bond donors (Lipinski definition) is 1. The third-order valence-corrected chi connectivity index (χ3v) is 3.76. The molecule has 0 aliphatic heterocycles. The molecular formula is C19H18ClNO5. The van der Waals surface area contributed by atoms with Crippen molar-refractivity contribution in [2.45, 2.75) is 20.0 Å². The molecule has 0 aromatic heterocycles. The Kier molecular flexibility index (Phi) is 6.74. The van der Waals surface area contributed by atoms with Gasteiger partial charge in [0.15, 0.2) is 18.5 Å². The van der Waals surface area contributed by atoms with Gasteiger partial charge >= 0.3 is 5.97 Å². The maximum Gasteiger partial charge on any atom is 0.344 e. The molecule has 0 aliphatic rings. The fourth-order valence-electron chi connectivity index (χ4n) is 2.01. The lowest BCUT2D eigenvalue weighted by Crippen LogP contribution is -2.31. The zero-order valence-electron chi connectivity index (χ0n) is 14.3. The lowest BCUT2D eigenvalue weighted by Gasteiger charge is -2.14. The topological polar surface area (TPSA) is 81.7 Å². The van der Waals surface area contributed by atoms with Crippen molar-refractivity contribution in [3.05, 3.63) is 59.1 Å². The average molecular weight is 376 g/mol. The van der Waals surface area contributed by atoms with Gasteiger partial charge in [0, 0.05) is 5.56 Å². The smallest absolute Gasteiger partial charge is 0.344 e. The van der Waals surface area contributed by atoms with Crippen molar-refractivity contribution in [3.8, 4) is 5.75 Å². The number of rotatable bonds is 7. The van der Waals surface area contributed by atoms with E-state index < -0.39 is 18.0 Å². The summed E-state index contributed by atoms with van der Waals surface area (Å²) in [7, 11) is 0. The molecule has 0 saturated heterocycles. The SMILES string of the molecule is CC(=O)c1ccc(OCC(=O)O[C@@H](C)C(=O)Nc2ccccc2Cl)cc1. The first-order valence-electron chi connectivity index (χ1n) is 7.85. The molecule has 136 valence electrons. The molecule has 1 atom stereocenters. The van der Waals surface area contributed by atoms with E-state index in [1.807, 2.05) is 0 Å². The molecule has 7 heteroatoms. The van der Waals surface area contributed by atoms with Crippen molar-refractivity contribution in [2.75, 3.05) is 11.9 Å². The average Bonchev–Trinajstić information content (AvgIpc) is 2.62. The van der Waals surface area contributed by atoms with Crippen LogP contribution in [-0.4, -0.2) is 30.4 Å². The number of anilines is 1. The first kappa shape index (κ1) is 19.5. The van der Waals surface area contributed by atoms with Crippen LogP contribution < -0.4 is 10.1 Å². The van der Waals surface area contributed by atoms with Crippen LogP contribution in [0.4, 0.5) is 5.69 Å². The number of esters is 1. The number of amides is 1. The number of carbonyl (C=O) groups excluding carboxylic acids is 3. The minimum absolute atomic E-state index is 0.0608. The Labute approximate surface area is 156 Å². The number of carbonyl (C=O) groups is 3. The predicted octanol–water partition coefficient (Wildman–Crippen LogP) is 3.49. The van der Waals surface area contributed by atoms with Crippen LogP contribution in [0.15, 0.2) is 48.5 Å². The highest BCUT2D eigenvalue weighted by atomic mass is 35.5. The van der Waals surface area contributed by atoms with Crippen LogP contribution in [0.2, 0.25) is 5.02 Å². The summed E-state index contributed by atoms with van der Waals surface area (Å²) < 4.78 is 10.3. The van der Waals surface area contributed by atoms with Crippen molar-refractivity contribution >= 4 is 34.9 Å². The maximum absolute atomic E-state index is 12.1. The maximum atomic E-state index is 12.1. The molecule has 2 aromatic carbocycles. The van der Waals surface area contributed by atoms with Gasteiger partial charge in [-0.3, -0.25) is 9.59 Å². The summed E-state index contributed by atoms with van der Waals surface area (Å²) in [4.78, 5) is 35.1. The number of ketones is 1. The Morgan fingerprint density at radius 1 is 1.08 bits per heavy atom. The third kappa shape index (κ3) is 5.60. The van der Waals surface area contributed by atoms with E-state index in [0.717, 1.165) is 0 Å². The lowest BCUT2D eigenvalue weighted by molar-refractivity contribution is -0.155. The molecule has 0 bridgehead atoms. The third-order valence-electron chi connectivity index (χ3n) is 3.43. The van der Waals surface area contributed by atoms with Crippen molar-refractivity contribution in [2.24, 2.45) is 0 Å². The molecule has 1 amide bonds. The minimum Gasteiger partial charge on any atom is -0.482 e. The molecule has 0 unspecified atom stereocenters. The van der Waals surface area contributed by atoms with E-state index in [9.17, 15) is 14.4 Å². The monoisotopic (exact) mass is 375 g/mol. The van der Waals surface area contributed by atoms with Gasteiger partial charge in [-0.2, -0.15) is 0 Å². The standard InChI is InChI=1S/C19H18ClNO5/c1-12(22)14-7-9-15(10-8-14)25-11-18(23)26-13(2)19(24)21-17-6-4-3-5-16(17)20/h3-10,13H,11H2,1-2H3,(H,21,24)/t13-/m0/s1. The molecular weight excluding hydrogens is 358 g/mol. The Bertz CT molecular complexity index is 804. The lowest BCUT2D eigenvalue weighted by atomic mass is 10.1. The van der Waals surface area contributed by atoms with Crippen LogP contribution in [0, 0.1) is 0 Å². The number of para-hydroxylation sites is 1. The van der Waals surface area contributed by atoms with Crippen LogP contribution in [0.5, 0.6) is 5.75 Å². The normalized spacial score (nSPS) is 11.3. The predicted molar refractivity (Wildman–Crippen MR) is 97.6 cm³/mol. The number of hydrogen-bond acceptors (Lipinski definition) is 5. The van der Waals surface area contributed by atoms with Gasteiger partial charge in [-0.25, -0.2) is 4.79 Å². The molecule has 0 heterocycles. The van der Waals surface area contributed by atoms with Crippen LogP contribution in [0.25, 0.3) is 0 Å². The van der Waals surface area contributed by atoms with Gasteiger partial charge in [0.2, 0.25) is 0 Å². The van der Waals surface area contributed by atoms with Gasteiger partial charge in [-0.15, -0.1) is 0 Å². The molecule has 2 aromatic rings. The van der Waals surface area contributed by atoms with E-state index in [1.54, 1.807) is 48.5 Å². The fraction of sp³-hybridized carbons (Fsp3) is 0.211. The van der Waals surface area contributed by atoms with Crippen LogP contribution >= 0.6 is 11.6 Å². The van der Waals surface area contributed by atoms with Crippen LogP contribution in [-0.2, 0) is 14.3 Å². The number of Topliss-reactive ketones (excluding diaryl/α,β-unsaturated/α-hetero) is 1. The zero-order valence-corrected chi connectivity index (χ0v) is 15.1. The first-order chi connectivity index (χ1) is 12.4. The van der Waals surface area contributed by atoms with Crippen LogP contribution in [0.3, 0.4) is 0 Å². The summed E-state index contributed by atoms with van der Waals surface area (Å²) in [5, 5.41) is 2.97. The van der Waals surface area contributed by atoms with E-state index in [4.69, 9.17) is 21.1 Å². The van der Waals surface area contributed by atoms with Crippen molar-refractivity contribution in [3.63, 3.8) is 0 Å². The first-order valence-corrected chi connectivity index (χ1v) is 8.23. The van der Waals surface area contributed by atoms with E-state index >= 15 is 0 Å². The molecule has 0 aliphatic carbocycles. The Hall–Kier alpha value is -2.86. The second kappa shape index (κ2) is 9.01. The van der Waals surface area contributed by atoms with Gasteiger partial charge in [-0.1, -0.05) is 23.7 Å². The van der Waals surface area contributed by atoms with Gasteiger partial charge < -0.3 is 14.8 Å². The highest BCUT2D eigenvalue weighted by molar-refractivity contribution is 6.33. The molecule has 2 rings (SSSR count). The molecule has 0 saturated carbocycles. The quantitative estimate of drug-likeness (QED) is 0.591. The zero-order chi connectivity index (χ0) is 19.1. The summed E-state index contributed by atoms with van der Waals surface area (Å²) in [6.45, 7) is 2.55. The summed E-state index contributed by atoms with van der Waals surface area (Å²) in [6.07, 6.45) is -1.01. The molecule has 0 fully saturated rings. The van der Waals surface area contributed by atoms with Crippen molar-refractivity contribution in [1.29, 1.82) is 0 Å². The molecule has 0 radical (unpaired) electrons. The molecule has 26 heavy (non-hydrogen) atoms. The number of benzene rings is 2. The van der Waals surface area contributed by atoms with Gasteiger partial charge in [0.25, 0.3) is 5.91 Å². The largest absolute Gasteiger partial charge is 0.482 e. The summed E-state index contributed by atoms with van der Waals surface area (Å²) in [5.41, 5.74) is 0.980. The van der Waals surface area contributed by atoms with Crippen molar-refractivity contribution < 1.29 is 23.9 Å². The Morgan fingerprint density at radius 3 is 2.35 bits per heavy atom. The molecule has 1 N–H and O–H groups in total. The van der Waals surface area contributed by atoms with E-state index in [1.165, 1.54) is 13.8 Å². The van der Waals surface area contributed by atoms with Crippen molar-refractivity contribution in [1.82, 2.24) is 0 Å². The molecule has 0 spiro atoms. The van der Waals surface area contributed by atoms with E-state index in [2.05, 4.69) is 5.32 Å². The highest BCUT2D eigenvalue weighted by Crippen LogP contribution is 2.20. The number of nitrogens with one attached hydrogen (secondary N) is 1. The minimum atomic E-state index is -1.01. The Morgan fingerprint density at radius 2 is 1.73 bits per heavy atom. The van der Waals surface area contributed by atoms with Gasteiger partial charge in [-0.05, 0) is 50.2 Å².